The highest BCUT2D eigenvalue weighted by Gasteiger charge is 2.14. The monoisotopic (exact) mass is 347 g/mol. The van der Waals surface area contributed by atoms with Crippen molar-refractivity contribution < 1.29 is 0 Å². The van der Waals surface area contributed by atoms with Crippen molar-refractivity contribution in [2.24, 2.45) is 0 Å². The summed E-state index contributed by atoms with van der Waals surface area (Å²) < 4.78 is 4.01. The van der Waals surface area contributed by atoms with E-state index in [0.717, 1.165) is 40.4 Å². The summed E-state index contributed by atoms with van der Waals surface area (Å²) in [4.78, 5) is 0. The van der Waals surface area contributed by atoms with E-state index in [-0.39, 0.29) is 0 Å². The molecule has 120 valence electrons. The summed E-state index contributed by atoms with van der Waals surface area (Å²) >= 11 is 7.70. The molecule has 7 heteroatoms. The van der Waals surface area contributed by atoms with Crippen molar-refractivity contribution in [2.75, 3.05) is 0 Å². The first-order valence-electron chi connectivity index (χ1n) is 7.54. The highest BCUT2D eigenvalue weighted by molar-refractivity contribution is 7.98. The number of thioether (sulfide) groups is 1. The summed E-state index contributed by atoms with van der Waals surface area (Å²) in [5.41, 5.74) is 2.17. The van der Waals surface area contributed by atoms with Gasteiger partial charge in [0.2, 0.25) is 0 Å². The second kappa shape index (κ2) is 7.19. The van der Waals surface area contributed by atoms with E-state index in [4.69, 9.17) is 11.6 Å². The molecule has 0 aliphatic carbocycles. The van der Waals surface area contributed by atoms with E-state index in [1.54, 1.807) is 11.8 Å². The van der Waals surface area contributed by atoms with Crippen molar-refractivity contribution in [1.29, 1.82) is 0 Å². The summed E-state index contributed by atoms with van der Waals surface area (Å²) in [6.07, 6.45) is 3.84. The van der Waals surface area contributed by atoms with Crippen molar-refractivity contribution in [3.63, 3.8) is 0 Å². The van der Waals surface area contributed by atoms with Crippen molar-refractivity contribution in [1.82, 2.24) is 24.5 Å². The number of aromatic nitrogens is 5. The molecular weight excluding hydrogens is 330 g/mol. The van der Waals surface area contributed by atoms with Crippen LogP contribution in [-0.4, -0.2) is 24.5 Å². The number of hydrogen-bond acceptors (Lipinski definition) is 4. The van der Waals surface area contributed by atoms with Crippen LogP contribution in [0.3, 0.4) is 0 Å². The lowest BCUT2D eigenvalue weighted by Gasteiger charge is -2.06. The van der Waals surface area contributed by atoms with Gasteiger partial charge in [-0.25, -0.2) is 0 Å². The molecule has 3 rings (SSSR count). The van der Waals surface area contributed by atoms with Gasteiger partial charge in [0.05, 0.1) is 11.8 Å². The van der Waals surface area contributed by atoms with Crippen LogP contribution in [0.2, 0.25) is 5.02 Å². The van der Waals surface area contributed by atoms with Gasteiger partial charge >= 0.3 is 0 Å². The Morgan fingerprint density at radius 2 is 2.04 bits per heavy atom. The summed E-state index contributed by atoms with van der Waals surface area (Å²) in [6.45, 7) is 5.82. The van der Waals surface area contributed by atoms with Gasteiger partial charge in [0.1, 0.15) is 0 Å². The predicted octanol–water partition coefficient (Wildman–Crippen LogP) is 4.13. The molecule has 0 bridgehead atoms. The zero-order chi connectivity index (χ0) is 16.2. The number of aryl methyl sites for hydroxylation is 1. The van der Waals surface area contributed by atoms with Gasteiger partial charge in [-0.05, 0) is 31.5 Å². The summed E-state index contributed by atoms with van der Waals surface area (Å²) in [7, 11) is 0. The van der Waals surface area contributed by atoms with Crippen LogP contribution in [0.5, 0.6) is 0 Å². The van der Waals surface area contributed by atoms with Gasteiger partial charge < -0.3 is 4.57 Å². The smallest absolute Gasteiger partial charge is 0.191 e. The number of hydrogen-bond donors (Lipinski definition) is 0. The molecule has 2 aromatic heterocycles. The minimum atomic E-state index is 0.757. The first kappa shape index (κ1) is 16.1. The van der Waals surface area contributed by atoms with Crippen LogP contribution < -0.4 is 0 Å². The fourth-order valence-electron chi connectivity index (χ4n) is 2.32. The average Bonchev–Trinajstić information content (AvgIpc) is 3.18. The third-order valence-electron chi connectivity index (χ3n) is 3.51. The Morgan fingerprint density at radius 3 is 2.74 bits per heavy atom. The summed E-state index contributed by atoms with van der Waals surface area (Å²) in [5, 5.41) is 14.7. The number of rotatable bonds is 6. The first-order chi connectivity index (χ1) is 11.2. The SMILES string of the molecule is CCn1cc(-c2nnc(SCc3cccc(Cl)c3)n2CC)cn1. The maximum Gasteiger partial charge on any atom is 0.191 e. The van der Waals surface area contributed by atoms with E-state index in [0.29, 0.717) is 0 Å². The van der Waals surface area contributed by atoms with Gasteiger partial charge in [0.15, 0.2) is 11.0 Å². The normalized spacial score (nSPS) is 11.1. The highest BCUT2D eigenvalue weighted by Crippen LogP contribution is 2.26. The first-order valence-corrected chi connectivity index (χ1v) is 8.91. The standard InChI is InChI=1S/C16H18ClN5S/c1-3-21-10-13(9-18-21)15-19-20-16(22(15)4-2)23-11-12-6-5-7-14(17)8-12/h5-10H,3-4,11H2,1-2H3. The minimum Gasteiger partial charge on any atom is -0.302 e. The maximum atomic E-state index is 6.03. The molecule has 0 spiro atoms. The lowest BCUT2D eigenvalue weighted by Crippen LogP contribution is -1.99. The molecule has 0 saturated carbocycles. The zero-order valence-corrected chi connectivity index (χ0v) is 14.7. The topological polar surface area (TPSA) is 48.5 Å². The van der Waals surface area contributed by atoms with Crippen LogP contribution in [0.1, 0.15) is 19.4 Å². The highest BCUT2D eigenvalue weighted by atomic mass is 35.5. The van der Waals surface area contributed by atoms with E-state index in [1.807, 2.05) is 35.3 Å². The summed E-state index contributed by atoms with van der Waals surface area (Å²) in [6, 6.07) is 7.90. The average molecular weight is 348 g/mol. The largest absolute Gasteiger partial charge is 0.302 e. The number of nitrogens with zero attached hydrogens (tertiary/aromatic N) is 5. The van der Waals surface area contributed by atoms with Crippen LogP contribution in [-0.2, 0) is 18.8 Å². The molecule has 1 aromatic carbocycles. The van der Waals surface area contributed by atoms with E-state index in [9.17, 15) is 0 Å². The molecule has 2 heterocycles. The van der Waals surface area contributed by atoms with Gasteiger partial charge in [0.25, 0.3) is 0 Å². The Balaban J connectivity index is 1.80. The minimum absolute atomic E-state index is 0.757. The molecule has 3 aromatic rings. The lowest BCUT2D eigenvalue weighted by atomic mass is 10.2. The van der Waals surface area contributed by atoms with Crippen molar-refractivity contribution in [3.05, 3.63) is 47.2 Å². The van der Waals surface area contributed by atoms with Gasteiger partial charge in [-0.2, -0.15) is 5.10 Å². The molecule has 0 radical (unpaired) electrons. The van der Waals surface area contributed by atoms with Gasteiger partial charge in [-0.1, -0.05) is 35.5 Å². The Hall–Kier alpha value is -1.79. The molecule has 0 amide bonds. The molecule has 0 atom stereocenters. The Bertz CT molecular complexity index is 795. The lowest BCUT2D eigenvalue weighted by molar-refractivity contribution is 0.659. The Kier molecular flexibility index (Phi) is 5.03. The molecule has 23 heavy (non-hydrogen) atoms. The van der Waals surface area contributed by atoms with Gasteiger partial charge in [-0.15, -0.1) is 10.2 Å². The molecule has 5 nitrogen and oxygen atoms in total. The molecule has 0 fully saturated rings. The quantitative estimate of drug-likeness (QED) is 0.629. The fraction of sp³-hybridized carbons (Fsp3) is 0.312. The third-order valence-corrected chi connectivity index (χ3v) is 4.78. The summed E-state index contributed by atoms with van der Waals surface area (Å²) in [5.74, 6) is 1.67. The van der Waals surface area contributed by atoms with Crippen LogP contribution in [0.15, 0.2) is 41.8 Å². The number of benzene rings is 1. The Morgan fingerprint density at radius 1 is 1.17 bits per heavy atom. The van der Waals surface area contributed by atoms with Crippen LogP contribution >= 0.6 is 23.4 Å². The molecular formula is C16H18ClN5S. The molecule has 0 unspecified atom stereocenters. The molecule has 0 N–H and O–H groups in total. The predicted molar refractivity (Wildman–Crippen MR) is 93.6 cm³/mol. The van der Waals surface area contributed by atoms with Crippen molar-refractivity contribution in [2.45, 2.75) is 37.8 Å². The maximum absolute atomic E-state index is 6.03. The molecule has 0 saturated heterocycles. The van der Waals surface area contributed by atoms with E-state index in [1.165, 1.54) is 5.56 Å². The molecule has 0 aliphatic rings. The van der Waals surface area contributed by atoms with Crippen molar-refractivity contribution >= 4 is 23.4 Å². The van der Waals surface area contributed by atoms with E-state index < -0.39 is 0 Å². The van der Waals surface area contributed by atoms with E-state index in [2.05, 4.69) is 39.8 Å². The third kappa shape index (κ3) is 3.59. The zero-order valence-electron chi connectivity index (χ0n) is 13.1. The second-order valence-electron chi connectivity index (χ2n) is 5.05. The van der Waals surface area contributed by atoms with Crippen LogP contribution in [0, 0.1) is 0 Å². The van der Waals surface area contributed by atoms with Crippen LogP contribution in [0.25, 0.3) is 11.4 Å². The number of halogens is 1. The van der Waals surface area contributed by atoms with Crippen molar-refractivity contribution in [3.8, 4) is 11.4 Å². The van der Waals surface area contributed by atoms with Crippen LogP contribution in [0.4, 0.5) is 0 Å². The van der Waals surface area contributed by atoms with E-state index >= 15 is 0 Å². The fourth-order valence-corrected chi connectivity index (χ4v) is 3.48. The molecule has 0 aliphatic heterocycles. The second-order valence-corrected chi connectivity index (χ2v) is 6.43. The van der Waals surface area contributed by atoms with Gasteiger partial charge in [-0.3, -0.25) is 4.68 Å². The van der Waals surface area contributed by atoms with Gasteiger partial charge in [0, 0.05) is 30.1 Å². The Labute approximate surface area is 144 Å².